The van der Waals surface area contributed by atoms with Crippen molar-refractivity contribution in [2.45, 2.75) is 26.9 Å². The van der Waals surface area contributed by atoms with Gasteiger partial charge in [-0.1, -0.05) is 42.4 Å². The summed E-state index contributed by atoms with van der Waals surface area (Å²) in [4.78, 5) is 11.7. The third-order valence-electron chi connectivity index (χ3n) is 3.91. The molecule has 0 unspecified atom stereocenters. The van der Waals surface area contributed by atoms with Crippen LogP contribution in [0, 0.1) is 6.92 Å². The summed E-state index contributed by atoms with van der Waals surface area (Å²) in [6.07, 6.45) is 0.501. The van der Waals surface area contributed by atoms with Gasteiger partial charge in [0, 0.05) is 17.5 Å². The summed E-state index contributed by atoms with van der Waals surface area (Å²) in [5, 5.41) is 4.15. The molecule has 0 spiro atoms. The van der Waals surface area contributed by atoms with Crippen LogP contribution in [0.4, 0.5) is 0 Å². The van der Waals surface area contributed by atoms with Gasteiger partial charge in [0.15, 0.2) is 5.78 Å². The molecule has 0 amide bonds. The number of ketones is 1. The smallest absolute Gasteiger partial charge is 0.162 e. The van der Waals surface area contributed by atoms with Crippen molar-refractivity contribution in [2.75, 3.05) is 0 Å². The van der Waals surface area contributed by atoms with E-state index in [1.54, 1.807) is 12.1 Å². The third kappa shape index (κ3) is 3.38. The Kier molecular flexibility index (Phi) is 4.75. The van der Waals surface area contributed by atoms with Crippen molar-refractivity contribution in [2.24, 2.45) is 0 Å². The maximum absolute atomic E-state index is 11.7. The van der Waals surface area contributed by atoms with Crippen LogP contribution in [0.2, 0.25) is 0 Å². The predicted molar refractivity (Wildman–Crippen MR) is 92.1 cm³/mol. The molecule has 1 heterocycles. The van der Waals surface area contributed by atoms with Crippen molar-refractivity contribution in [3.63, 3.8) is 0 Å². The SMILES string of the molecule is CCC(=O)c1ccc(OCc2c(-c3ccccc3)noc2C)cc1. The molecule has 0 saturated carbocycles. The normalized spacial score (nSPS) is 10.6. The van der Waals surface area contributed by atoms with Crippen LogP contribution < -0.4 is 4.74 Å². The molecule has 2 aromatic carbocycles. The fourth-order valence-electron chi connectivity index (χ4n) is 2.48. The largest absolute Gasteiger partial charge is 0.489 e. The first kappa shape index (κ1) is 16.0. The minimum absolute atomic E-state index is 0.128. The maximum Gasteiger partial charge on any atom is 0.162 e. The van der Waals surface area contributed by atoms with Gasteiger partial charge >= 0.3 is 0 Å². The molecule has 0 aliphatic carbocycles. The molecule has 0 aliphatic heterocycles. The molecule has 24 heavy (non-hydrogen) atoms. The highest BCUT2D eigenvalue weighted by Gasteiger charge is 2.15. The number of carbonyl (C=O) groups is 1. The van der Waals surface area contributed by atoms with Crippen LogP contribution in [-0.4, -0.2) is 10.9 Å². The molecule has 122 valence electrons. The van der Waals surface area contributed by atoms with E-state index in [2.05, 4.69) is 5.16 Å². The lowest BCUT2D eigenvalue weighted by Crippen LogP contribution is -1.99. The van der Waals surface area contributed by atoms with Crippen LogP contribution in [0.15, 0.2) is 59.1 Å². The van der Waals surface area contributed by atoms with Crippen LogP contribution in [0.1, 0.15) is 35.0 Å². The number of hydrogen-bond acceptors (Lipinski definition) is 4. The van der Waals surface area contributed by atoms with Crippen molar-refractivity contribution >= 4 is 5.78 Å². The molecule has 4 nitrogen and oxygen atoms in total. The van der Waals surface area contributed by atoms with E-state index in [1.165, 1.54) is 0 Å². The summed E-state index contributed by atoms with van der Waals surface area (Å²) in [6, 6.07) is 17.1. The zero-order chi connectivity index (χ0) is 16.9. The van der Waals surface area contributed by atoms with Crippen molar-refractivity contribution in [3.8, 4) is 17.0 Å². The first-order valence-corrected chi connectivity index (χ1v) is 7.95. The molecular formula is C20H19NO3. The Morgan fingerprint density at radius 1 is 1.08 bits per heavy atom. The molecule has 0 N–H and O–H groups in total. The first-order valence-electron chi connectivity index (χ1n) is 7.95. The Hall–Kier alpha value is -2.88. The van der Waals surface area contributed by atoms with Crippen molar-refractivity contribution in [3.05, 3.63) is 71.5 Å². The van der Waals surface area contributed by atoms with Crippen molar-refractivity contribution in [1.29, 1.82) is 0 Å². The van der Waals surface area contributed by atoms with Crippen molar-refractivity contribution < 1.29 is 14.1 Å². The molecule has 0 fully saturated rings. The molecule has 0 atom stereocenters. The summed E-state index contributed by atoms with van der Waals surface area (Å²) >= 11 is 0. The van der Waals surface area contributed by atoms with Crippen LogP contribution in [0.3, 0.4) is 0 Å². The van der Waals surface area contributed by atoms with E-state index >= 15 is 0 Å². The standard InChI is InChI=1S/C20H19NO3/c1-3-19(22)15-9-11-17(12-10-15)23-13-18-14(2)24-21-20(18)16-7-5-4-6-8-16/h4-12H,3,13H2,1-2H3. The second-order valence-corrected chi connectivity index (χ2v) is 5.52. The molecule has 3 aromatic rings. The molecule has 3 rings (SSSR count). The lowest BCUT2D eigenvalue weighted by Gasteiger charge is -2.07. The van der Waals surface area contributed by atoms with Gasteiger partial charge < -0.3 is 9.26 Å². The van der Waals surface area contributed by atoms with Gasteiger partial charge in [-0.15, -0.1) is 0 Å². The molecular weight excluding hydrogens is 302 g/mol. The maximum atomic E-state index is 11.7. The number of nitrogens with zero attached hydrogens (tertiary/aromatic N) is 1. The van der Waals surface area contributed by atoms with Crippen molar-refractivity contribution in [1.82, 2.24) is 5.16 Å². The minimum Gasteiger partial charge on any atom is -0.489 e. The third-order valence-corrected chi connectivity index (χ3v) is 3.91. The number of hydrogen-bond donors (Lipinski definition) is 0. The average molecular weight is 321 g/mol. The number of Topliss-reactive ketones (excluding diaryl/α,β-unsaturated/α-hetero) is 1. The highest BCUT2D eigenvalue weighted by Crippen LogP contribution is 2.26. The van der Waals surface area contributed by atoms with Crippen LogP contribution in [0.25, 0.3) is 11.3 Å². The molecule has 0 radical (unpaired) electrons. The number of rotatable bonds is 6. The second kappa shape index (κ2) is 7.13. The highest BCUT2D eigenvalue weighted by atomic mass is 16.5. The summed E-state index contributed by atoms with van der Waals surface area (Å²) in [5.41, 5.74) is 3.42. The van der Waals surface area contributed by atoms with Crippen LogP contribution >= 0.6 is 0 Å². The minimum atomic E-state index is 0.128. The summed E-state index contributed by atoms with van der Waals surface area (Å²) < 4.78 is 11.2. The fourth-order valence-corrected chi connectivity index (χ4v) is 2.48. The molecule has 1 aromatic heterocycles. The molecule has 0 aliphatic rings. The van der Waals surface area contributed by atoms with E-state index in [4.69, 9.17) is 9.26 Å². The van der Waals surface area contributed by atoms with Gasteiger partial charge in [-0.3, -0.25) is 4.79 Å². The van der Waals surface area contributed by atoms with E-state index < -0.39 is 0 Å². The Morgan fingerprint density at radius 3 is 2.46 bits per heavy atom. The van der Waals surface area contributed by atoms with E-state index in [-0.39, 0.29) is 5.78 Å². The van der Waals surface area contributed by atoms with Crippen LogP contribution in [0.5, 0.6) is 5.75 Å². The van der Waals surface area contributed by atoms with Gasteiger partial charge in [-0.2, -0.15) is 0 Å². The van der Waals surface area contributed by atoms with E-state index in [1.807, 2.05) is 56.3 Å². The predicted octanol–water partition coefficient (Wildman–Crippen LogP) is 4.82. The number of carbonyl (C=O) groups excluding carboxylic acids is 1. The summed E-state index contributed by atoms with van der Waals surface area (Å²) in [7, 11) is 0. The molecule has 4 heteroatoms. The first-order chi connectivity index (χ1) is 11.7. The number of benzene rings is 2. The second-order valence-electron chi connectivity index (χ2n) is 5.52. The lowest BCUT2D eigenvalue weighted by molar-refractivity contribution is 0.0988. The Morgan fingerprint density at radius 2 is 1.79 bits per heavy atom. The van der Waals surface area contributed by atoms with Gasteiger partial charge in [0.05, 0.1) is 5.56 Å². The number of aryl methyl sites for hydroxylation is 1. The quantitative estimate of drug-likeness (QED) is 0.611. The van der Waals surface area contributed by atoms with Gasteiger partial charge in [0.25, 0.3) is 0 Å². The van der Waals surface area contributed by atoms with E-state index in [9.17, 15) is 4.79 Å². The lowest BCUT2D eigenvalue weighted by atomic mass is 10.1. The monoisotopic (exact) mass is 321 g/mol. The molecule has 0 saturated heterocycles. The Bertz CT molecular complexity index is 820. The topological polar surface area (TPSA) is 52.3 Å². The highest BCUT2D eigenvalue weighted by molar-refractivity contribution is 5.95. The fraction of sp³-hybridized carbons (Fsp3) is 0.200. The van der Waals surface area contributed by atoms with Crippen LogP contribution in [-0.2, 0) is 6.61 Å². The number of aromatic nitrogens is 1. The summed E-state index contributed by atoms with van der Waals surface area (Å²) in [5.74, 6) is 1.58. The molecule has 0 bridgehead atoms. The van der Waals surface area contributed by atoms with Gasteiger partial charge in [0.1, 0.15) is 23.8 Å². The zero-order valence-electron chi connectivity index (χ0n) is 13.8. The summed E-state index contributed by atoms with van der Waals surface area (Å²) in [6.45, 7) is 4.09. The average Bonchev–Trinajstić information content (AvgIpc) is 3.01. The van der Waals surface area contributed by atoms with Gasteiger partial charge in [-0.05, 0) is 31.2 Å². The number of ether oxygens (including phenoxy) is 1. The van der Waals surface area contributed by atoms with Gasteiger partial charge in [0.2, 0.25) is 0 Å². The van der Waals surface area contributed by atoms with E-state index in [0.29, 0.717) is 24.3 Å². The Labute approximate surface area is 141 Å². The van der Waals surface area contributed by atoms with E-state index in [0.717, 1.165) is 22.6 Å². The van der Waals surface area contributed by atoms with Gasteiger partial charge in [-0.25, -0.2) is 0 Å². The Balaban J connectivity index is 1.76. The zero-order valence-corrected chi connectivity index (χ0v) is 13.8.